The van der Waals surface area contributed by atoms with Crippen LogP contribution in [0.1, 0.15) is 27.2 Å². The number of carbonyl (C=O) groups excluding carboxylic acids is 2. The van der Waals surface area contributed by atoms with Crippen molar-refractivity contribution in [2.45, 2.75) is 65.6 Å². The second-order valence-corrected chi connectivity index (χ2v) is 39.9. The topological polar surface area (TPSA) is 319 Å². The Bertz CT molecular complexity index is 7460. The summed E-state index contributed by atoms with van der Waals surface area (Å²) in [4.78, 5) is 56.6. The molecular formula is C97H74ClN21O4S10. The summed E-state index contributed by atoms with van der Waals surface area (Å²) < 4.78 is 15.1. The van der Waals surface area contributed by atoms with Crippen LogP contribution in [0.5, 0.6) is 11.5 Å². The molecule has 2 amide bonds. The maximum Gasteiger partial charge on any atom is 0.276 e. The Morgan fingerprint density at radius 1 is 0.338 bits per heavy atom. The van der Waals surface area contributed by atoms with Gasteiger partial charge >= 0.3 is 0 Å². The standard InChI is InChI=1S/C21H13N5OS2.C20H16N4O2S2.C19H16N4OS2.C19H16N4S2.C18H13ClN4S2/c27-19(17-10-9-13-5-1-3-7-15(13)23-17)24-20-25-26-21(29-20)28-18-11-12-22-16-8-4-2-6-14(16)18;1-26-14-6-4-5-13(11-14)12-18(25)22-19-23-24-20(28-19)27-17-9-10-21-16-8-3-2-7-15(16)17;1-2-6-14(7-3-1)24-13-12-21-18-22-23-19(26-18)25-17-10-11-20-16-9-5-4-8-15(16)17;1-2-6-14(7-3-1)10-12-21-18-22-23-19(25-18)24-17-11-13-20-16-9-5-4-8-15(16)17;19-13-6-7-14-15(10-13)20-9-8-16(14)24-18-23-22-17(25-18)21-11-12-4-2-1-3-5-12/h1-12H,(H,24,25,27);2-11H,12H2,1H3,(H,22,23,25);1-11H,12-13H2,(H,21,22);1-9,11,13H,10,12H2,(H,21,22);1-10H,11H2,(H,21,22). The molecule has 0 radical (unpaired) electrons. The van der Waals surface area contributed by atoms with Gasteiger partial charge < -0.3 is 30.7 Å². The molecule has 0 aliphatic rings. The first kappa shape index (κ1) is 91.3. The van der Waals surface area contributed by atoms with Gasteiger partial charge in [-0.25, -0.2) is 4.98 Å². The number of methoxy groups -OCH3 is 1. The van der Waals surface area contributed by atoms with Crippen molar-refractivity contribution in [1.82, 2.24) is 80.9 Å². The highest BCUT2D eigenvalue weighted by Crippen LogP contribution is 2.42. The monoisotopic (exact) mass is 1950 g/mol. The van der Waals surface area contributed by atoms with Crippen LogP contribution in [-0.4, -0.2) is 120 Å². The summed E-state index contributed by atoms with van der Waals surface area (Å²) in [6.45, 7) is 2.83. The van der Waals surface area contributed by atoms with E-state index in [1.54, 1.807) is 89.7 Å². The third-order valence-electron chi connectivity index (χ3n) is 19.1. The number of amides is 2. The molecule has 21 aromatic rings. The predicted octanol–water partition coefficient (Wildman–Crippen LogP) is 24.6. The third-order valence-corrected chi connectivity index (χ3v) is 29.3. The molecule has 0 unspecified atom stereocenters. The van der Waals surface area contributed by atoms with E-state index in [-0.39, 0.29) is 18.2 Å². The summed E-state index contributed by atoms with van der Waals surface area (Å²) in [6, 6.07) is 96.9. The van der Waals surface area contributed by atoms with Crippen molar-refractivity contribution in [3.63, 3.8) is 0 Å². The fourth-order valence-corrected chi connectivity index (χ4v) is 22.3. The van der Waals surface area contributed by atoms with E-state index >= 15 is 0 Å². The minimum Gasteiger partial charge on any atom is -0.497 e. The minimum atomic E-state index is -0.308. The Kier molecular flexibility index (Phi) is 31.9. The van der Waals surface area contributed by atoms with Crippen LogP contribution in [0.3, 0.4) is 0 Å². The fourth-order valence-electron chi connectivity index (χ4n) is 12.9. The maximum atomic E-state index is 12.6. The van der Waals surface area contributed by atoms with Crippen molar-refractivity contribution >= 4 is 230 Å². The van der Waals surface area contributed by atoms with Crippen LogP contribution in [0.25, 0.3) is 65.4 Å². The zero-order valence-electron chi connectivity index (χ0n) is 70.2. The maximum absolute atomic E-state index is 12.6. The van der Waals surface area contributed by atoms with E-state index in [1.807, 2.05) is 255 Å². The van der Waals surface area contributed by atoms with Gasteiger partial charge in [0, 0.05) is 106 Å². The van der Waals surface area contributed by atoms with E-state index in [2.05, 4.69) is 156 Å². The molecule has 11 aromatic heterocycles. The Balaban J connectivity index is 0.000000116. The van der Waals surface area contributed by atoms with Gasteiger partial charge in [0.25, 0.3) is 5.91 Å². The van der Waals surface area contributed by atoms with Gasteiger partial charge in [-0.3, -0.25) is 39.8 Å². The molecule has 133 heavy (non-hydrogen) atoms. The molecule has 0 bridgehead atoms. The number of anilines is 5. The molecule has 36 heteroatoms. The largest absolute Gasteiger partial charge is 0.497 e. The third kappa shape index (κ3) is 26.0. The number of hydrogen-bond donors (Lipinski definition) is 5. The highest BCUT2D eigenvalue weighted by molar-refractivity contribution is 8.02. The normalized spacial score (nSPS) is 10.9. The van der Waals surface area contributed by atoms with E-state index < -0.39 is 0 Å². The van der Waals surface area contributed by atoms with E-state index in [9.17, 15) is 9.59 Å². The second kappa shape index (κ2) is 46.5. The first-order valence-corrected chi connectivity index (χ1v) is 49.6. The number of nitrogens with one attached hydrogen (secondary N) is 5. The zero-order chi connectivity index (χ0) is 90.5. The molecule has 0 spiro atoms. The van der Waals surface area contributed by atoms with Crippen LogP contribution >= 0.6 is 127 Å². The van der Waals surface area contributed by atoms with Crippen molar-refractivity contribution in [2.24, 2.45) is 0 Å². The lowest BCUT2D eigenvalue weighted by atomic mass is 10.1. The van der Waals surface area contributed by atoms with Gasteiger partial charge in [0.15, 0.2) is 21.7 Å². The molecule has 10 aromatic carbocycles. The van der Waals surface area contributed by atoms with E-state index in [1.165, 1.54) is 68.7 Å². The number of nitrogens with zero attached hydrogens (tertiary/aromatic N) is 16. The first-order chi connectivity index (χ1) is 65.5. The Labute approximate surface area is 808 Å². The summed E-state index contributed by atoms with van der Waals surface area (Å²) in [5.41, 5.74) is 9.25. The van der Waals surface area contributed by atoms with Crippen LogP contribution in [-0.2, 0) is 24.2 Å². The van der Waals surface area contributed by atoms with Crippen LogP contribution in [0, 0.1) is 0 Å². The number of rotatable bonds is 28. The number of halogens is 1. The quantitative estimate of drug-likeness (QED) is 0.0225. The molecule has 0 fully saturated rings. The van der Waals surface area contributed by atoms with Crippen LogP contribution in [0.4, 0.5) is 25.7 Å². The van der Waals surface area contributed by atoms with Crippen molar-refractivity contribution in [1.29, 1.82) is 0 Å². The first-order valence-electron chi connectivity index (χ1n) is 41.1. The average Bonchev–Trinajstić information content (AvgIpc) is 1.83. The van der Waals surface area contributed by atoms with Crippen molar-refractivity contribution < 1.29 is 19.1 Å². The second-order valence-electron chi connectivity index (χ2n) is 28.2. The van der Waals surface area contributed by atoms with Crippen molar-refractivity contribution in [3.05, 3.63) is 356 Å². The van der Waals surface area contributed by atoms with E-state index in [0.29, 0.717) is 34.1 Å². The van der Waals surface area contributed by atoms with Gasteiger partial charge in [-0.2, -0.15) is 0 Å². The number of fused-ring (bicyclic) bond motifs is 6. The molecule has 5 N–H and O–H groups in total. The smallest absolute Gasteiger partial charge is 0.276 e. The van der Waals surface area contributed by atoms with Gasteiger partial charge in [0.1, 0.15) is 23.8 Å². The van der Waals surface area contributed by atoms with Gasteiger partial charge in [-0.1, -0.05) is 321 Å². The Hall–Kier alpha value is -13.6. The predicted molar refractivity (Wildman–Crippen MR) is 542 cm³/mol. The van der Waals surface area contributed by atoms with Crippen LogP contribution < -0.4 is 36.1 Å². The van der Waals surface area contributed by atoms with Crippen LogP contribution in [0.15, 0.2) is 374 Å². The summed E-state index contributed by atoms with van der Waals surface area (Å²) in [7, 11) is 1.60. The summed E-state index contributed by atoms with van der Waals surface area (Å²) in [5, 5.41) is 68.1. The fraction of sp³-hybridized carbons (Fsp3) is 0.0722. The molecular weight excluding hydrogens is 1880 g/mol. The number of carbonyl (C=O) groups is 2. The molecule has 21 rings (SSSR count). The number of aromatic nitrogens is 16. The summed E-state index contributed by atoms with van der Waals surface area (Å²) in [6.07, 6.45) is 10.2. The van der Waals surface area contributed by atoms with E-state index in [4.69, 9.17) is 21.1 Å². The zero-order valence-corrected chi connectivity index (χ0v) is 79.1. The van der Waals surface area contributed by atoms with Gasteiger partial charge in [-0.15, -0.1) is 51.0 Å². The number of hydrogen-bond acceptors (Lipinski definition) is 33. The number of benzene rings is 10. The Morgan fingerprint density at radius 2 is 0.729 bits per heavy atom. The molecule has 658 valence electrons. The van der Waals surface area contributed by atoms with Gasteiger partial charge in [0.2, 0.25) is 31.6 Å². The van der Waals surface area contributed by atoms with E-state index in [0.717, 1.165) is 164 Å². The Morgan fingerprint density at radius 3 is 1.23 bits per heavy atom. The molecule has 0 aliphatic carbocycles. The number of pyridine rings is 6. The highest BCUT2D eigenvalue weighted by Gasteiger charge is 2.19. The number of para-hydroxylation sites is 6. The molecule has 0 aliphatic heterocycles. The SMILES string of the molecule is COc1cccc(CC(=O)Nc2nnc(Sc3ccnc4ccccc34)s2)c1.Clc1ccc2c(Sc3nnc(NCc4ccccc4)s3)ccnc2c1.O=C(Nc1nnc(Sc2ccnc3ccccc23)s1)c1ccc2ccccc2n1.c1ccc(CCNc2nnc(Sc3ccnc4ccccc34)s2)cc1.c1ccc(OCCNc2nnc(Sc3ccnc4ccccc34)s2)cc1. The van der Waals surface area contributed by atoms with Gasteiger partial charge in [0.05, 0.1) is 53.2 Å². The molecule has 0 saturated carbocycles. The lowest BCUT2D eigenvalue weighted by Gasteiger charge is -2.05. The lowest BCUT2D eigenvalue weighted by Crippen LogP contribution is -2.14. The molecule has 25 nitrogen and oxygen atoms in total. The molecule has 11 heterocycles. The van der Waals surface area contributed by atoms with Crippen LogP contribution in [0.2, 0.25) is 5.02 Å². The molecule has 0 atom stereocenters. The minimum absolute atomic E-state index is 0.143. The summed E-state index contributed by atoms with van der Waals surface area (Å²) in [5.74, 6) is 1.14. The lowest BCUT2D eigenvalue weighted by molar-refractivity contribution is -0.115. The molecule has 0 saturated heterocycles. The highest BCUT2D eigenvalue weighted by atomic mass is 35.5. The summed E-state index contributed by atoms with van der Waals surface area (Å²) >= 11 is 21.2. The average molecular weight is 1950 g/mol. The van der Waals surface area contributed by atoms with Gasteiger partial charge in [-0.05, 0) is 126 Å². The van der Waals surface area contributed by atoms with Crippen molar-refractivity contribution in [2.75, 3.05) is 53.4 Å². The van der Waals surface area contributed by atoms with Crippen molar-refractivity contribution in [3.8, 4) is 11.5 Å². The number of ether oxygens (including phenoxy) is 2.